The van der Waals surface area contributed by atoms with Gasteiger partial charge in [-0.15, -0.1) is 0 Å². The highest BCUT2D eigenvalue weighted by atomic mass is 32.1. The average molecular weight is 453 g/mol. The van der Waals surface area contributed by atoms with Crippen LogP contribution in [-0.2, 0) is 9.53 Å². The van der Waals surface area contributed by atoms with Crippen LogP contribution in [0.3, 0.4) is 0 Å². The van der Waals surface area contributed by atoms with Crippen molar-refractivity contribution in [1.82, 2.24) is 10.3 Å². The minimum Gasteiger partial charge on any atom is -0.487 e. The first-order valence-corrected chi connectivity index (χ1v) is 12.0. The largest absolute Gasteiger partial charge is 0.487 e. The molecule has 1 aliphatic rings. The van der Waals surface area contributed by atoms with Gasteiger partial charge in [-0.25, -0.2) is 9.37 Å². The Hall–Kier alpha value is -1.93. The number of benzene rings is 1. The van der Waals surface area contributed by atoms with Crippen LogP contribution in [0.2, 0.25) is 0 Å². The molecule has 6 nitrogen and oxygen atoms in total. The van der Waals surface area contributed by atoms with Crippen molar-refractivity contribution >= 4 is 27.5 Å². The Balaban J connectivity index is 1.49. The number of aromatic nitrogens is 1. The van der Waals surface area contributed by atoms with Crippen molar-refractivity contribution in [3.63, 3.8) is 0 Å². The Morgan fingerprint density at radius 3 is 2.71 bits per heavy atom. The number of halogens is 1. The van der Waals surface area contributed by atoms with E-state index in [1.807, 2.05) is 6.92 Å². The van der Waals surface area contributed by atoms with Gasteiger partial charge in [-0.1, -0.05) is 31.1 Å². The van der Waals surface area contributed by atoms with Crippen molar-refractivity contribution in [3.8, 4) is 10.9 Å². The van der Waals surface area contributed by atoms with Crippen molar-refractivity contribution in [2.75, 3.05) is 13.2 Å². The van der Waals surface area contributed by atoms with E-state index in [1.54, 1.807) is 12.1 Å². The van der Waals surface area contributed by atoms with E-state index in [9.17, 15) is 4.79 Å². The molecular formula is C23H33FN2O4S. The molecular weight excluding hydrogens is 419 g/mol. The van der Waals surface area contributed by atoms with Crippen LogP contribution >= 0.6 is 11.3 Å². The van der Waals surface area contributed by atoms with Crippen molar-refractivity contribution in [2.24, 2.45) is 0 Å². The molecule has 3 rings (SSSR count). The maximum atomic E-state index is 15.0. The first-order chi connectivity index (χ1) is 15.0. The molecule has 1 aliphatic carbocycles. The minimum atomic E-state index is -0.360. The Bertz CT molecular complexity index is 851. The molecule has 8 heteroatoms. The predicted molar refractivity (Wildman–Crippen MR) is 121 cm³/mol. The SMILES string of the molecule is CCCCCOc1nc2ccc(OC3CCC(OC[C@H](C)NC(C)=O)CC3)c(F)c2s1. The Morgan fingerprint density at radius 2 is 2.00 bits per heavy atom. The quantitative estimate of drug-likeness (QED) is 0.473. The number of amides is 1. The second kappa shape index (κ2) is 11.6. The lowest BCUT2D eigenvalue weighted by atomic mass is 9.95. The fourth-order valence-corrected chi connectivity index (χ4v) is 4.62. The van der Waals surface area contributed by atoms with Crippen LogP contribution in [0.15, 0.2) is 12.1 Å². The Kier molecular flexibility index (Phi) is 8.90. The number of ether oxygens (including phenoxy) is 3. The number of nitrogens with zero attached hydrogens (tertiary/aromatic N) is 1. The number of carbonyl (C=O) groups excluding carboxylic acids is 1. The molecule has 0 radical (unpaired) electrons. The van der Waals surface area contributed by atoms with Gasteiger partial charge < -0.3 is 19.5 Å². The van der Waals surface area contributed by atoms with Gasteiger partial charge in [0.2, 0.25) is 5.91 Å². The highest BCUT2D eigenvalue weighted by Crippen LogP contribution is 2.36. The van der Waals surface area contributed by atoms with Crippen LogP contribution in [0.5, 0.6) is 10.9 Å². The van der Waals surface area contributed by atoms with Gasteiger partial charge in [-0.2, -0.15) is 0 Å². The molecule has 1 saturated carbocycles. The summed E-state index contributed by atoms with van der Waals surface area (Å²) >= 11 is 1.23. The lowest BCUT2D eigenvalue weighted by molar-refractivity contribution is -0.120. The summed E-state index contributed by atoms with van der Waals surface area (Å²) in [5, 5.41) is 3.33. The molecule has 0 spiro atoms. The van der Waals surface area contributed by atoms with E-state index in [2.05, 4.69) is 17.2 Å². The highest BCUT2D eigenvalue weighted by molar-refractivity contribution is 7.20. The van der Waals surface area contributed by atoms with Crippen LogP contribution in [0, 0.1) is 5.82 Å². The third kappa shape index (κ3) is 7.04. The van der Waals surface area contributed by atoms with Crippen molar-refractivity contribution in [3.05, 3.63) is 17.9 Å². The number of fused-ring (bicyclic) bond motifs is 1. The molecule has 0 saturated heterocycles. The zero-order chi connectivity index (χ0) is 22.2. The molecule has 2 aromatic rings. The van der Waals surface area contributed by atoms with Crippen LogP contribution in [0.4, 0.5) is 4.39 Å². The molecule has 31 heavy (non-hydrogen) atoms. The lowest BCUT2D eigenvalue weighted by Gasteiger charge is -2.30. The van der Waals surface area contributed by atoms with E-state index in [0.29, 0.717) is 28.6 Å². The van der Waals surface area contributed by atoms with Crippen LogP contribution in [-0.4, -0.2) is 42.4 Å². The number of rotatable bonds is 11. The summed E-state index contributed by atoms with van der Waals surface area (Å²) < 4.78 is 33.1. The second-order valence-corrected chi connectivity index (χ2v) is 9.17. The van der Waals surface area contributed by atoms with Gasteiger partial charge in [-0.05, 0) is 51.2 Å². The zero-order valence-electron chi connectivity index (χ0n) is 18.6. The third-order valence-corrected chi connectivity index (χ3v) is 6.34. The molecule has 0 aliphatic heterocycles. The number of thiazole rings is 1. The molecule has 1 N–H and O–H groups in total. The minimum absolute atomic E-state index is 0.00721. The molecule has 1 atom stereocenters. The molecule has 1 aromatic carbocycles. The fraction of sp³-hybridized carbons (Fsp3) is 0.652. The first-order valence-electron chi connectivity index (χ1n) is 11.2. The Labute approximate surface area is 187 Å². The average Bonchev–Trinajstić information content (AvgIpc) is 3.16. The summed E-state index contributed by atoms with van der Waals surface area (Å²) in [6, 6.07) is 3.45. The van der Waals surface area contributed by atoms with E-state index < -0.39 is 0 Å². The Morgan fingerprint density at radius 1 is 1.26 bits per heavy atom. The smallest absolute Gasteiger partial charge is 0.274 e. The van der Waals surface area contributed by atoms with E-state index in [1.165, 1.54) is 18.3 Å². The van der Waals surface area contributed by atoms with E-state index >= 15 is 4.39 Å². The summed E-state index contributed by atoms with van der Waals surface area (Å²) in [4.78, 5) is 15.5. The topological polar surface area (TPSA) is 69.7 Å². The highest BCUT2D eigenvalue weighted by Gasteiger charge is 2.25. The molecule has 0 bridgehead atoms. The number of nitrogens with one attached hydrogen (secondary N) is 1. The van der Waals surface area contributed by atoms with Gasteiger partial charge in [0.15, 0.2) is 11.6 Å². The van der Waals surface area contributed by atoms with Crippen molar-refractivity contribution < 1.29 is 23.4 Å². The van der Waals surface area contributed by atoms with Gasteiger partial charge in [0.05, 0.1) is 35.6 Å². The molecule has 172 valence electrons. The van der Waals surface area contributed by atoms with Gasteiger partial charge in [0.1, 0.15) is 0 Å². The summed E-state index contributed by atoms with van der Waals surface area (Å²) in [6.45, 7) is 6.67. The van der Waals surface area contributed by atoms with Crippen LogP contribution < -0.4 is 14.8 Å². The van der Waals surface area contributed by atoms with Gasteiger partial charge in [0.25, 0.3) is 5.19 Å². The molecule has 1 fully saturated rings. The summed E-state index contributed by atoms with van der Waals surface area (Å²) in [7, 11) is 0. The van der Waals surface area contributed by atoms with Crippen LogP contribution in [0.25, 0.3) is 10.2 Å². The molecule has 0 unspecified atom stereocenters. The fourth-order valence-electron chi connectivity index (χ4n) is 3.75. The van der Waals surface area contributed by atoms with Crippen LogP contribution in [0.1, 0.15) is 65.7 Å². The first kappa shape index (κ1) is 23.7. The third-order valence-electron chi connectivity index (χ3n) is 5.36. The normalized spacial score (nSPS) is 19.9. The summed E-state index contributed by atoms with van der Waals surface area (Å²) in [6.07, 6.45) is 6.67. The predicted octanol–water partition coefficient (Wildman–Crippen LogP) is 5.24. The van der Waals surface area contributed by atoms with Gasteiger partial charge in [0, 0.05) is 13.0 Å². The number of hydrogen-bond acceptors (Lipinski definition) is 6. The monoisotopic (exact) mass is 452 g/mol. The summed E-state index contributed by atoms with van der Waals surface area (Å²) in [5.41, 5.74) is 0.603. The number of hydrogen-bond donors (Lipinski definition) is 1. The maximum absolute atomic E-state index is 15.0. The van der Waals surface area contributed by atoms with E-state index in [0.717, 1.165) is 44.9 Å². The zero-order valence-corrected chi connectivity index (χ0v) is 19.4. The number of unbranched alkanes of at least 4 members (excludes halogenated alkanes) is 2. The van der Waals surface area contributed by atoms with Gasteiger partial charge >= 0.3 is 0 Å². The van der Waals surface area contributed by atoms with Crippen molar-refractivity contribution in [2.45, 2.75) is 84.0 Å². The van der Waals surface area contributed by atoms with E-state index in [-0.39, 0.29) is 35.7 Å². The molecule has 1 aromatic heterocycles. The number of carbonyl (C=O) groups is 1. The van der Waals surface area contributed by atoms with Crippen molar-refractivity contribution in [1.29, 1.82) is 0 Å². The molecule has 1 heterocycles. The van der Waals surface area contributed by atoms with E-state index in [4.69, 9.17) is 14.2 Å². The maximum Gasteiger partial charge on any atom is 0.274 e. The lowest BCUT2D eigenvalue weighted by Crippen LogP contribution is -2.36. The van der Waals surface area contributed by atoms with Gasteiger partial charge in [-0.3, -0.25) is 4.79 Å². The molecule has 1 amide bonds. The standard InChI is InChI=1S/C23H33FN2O4S/c1-4-5-6-13-28-23-26-19-11-12-20(21(24)22(19)31-23)30-18-9-7-17(8-10-18)29-14-15(2)25-16(3)27/h11-12,15,17-18H,4-10,13-14H2,1-3H3,(H,25,27)/t15-,17?,18?/m0/s1. The summed E-state index contributed by atoms with van der Waals surface area (Å²) in [5.74, 6) is -0.137. The second-order valence-electron chi connectivity index (χ2n) is 8.21.